The minimum absolute atomic E-state index is 0.0355. The van der Waals surface area contributed by atoms with Gasteiger partial charge in [0.1, 0.15) is 5.75 Å². The van der Waals surface area contributed by atoms with Gasteiger partial charge in [-0.25, -0.2) is 0 Å². The highest BCUT2D eigenvalue weighted by molar-refractivity contribution is 5.56. The van der Waals surface area contributed by atoms with Crippen molar-refractivity contribution in [3.05, 3.63) is 17.2 Å². The Morgan fingerprint density at radius 2 is 1.48 bits per heavy atom. The number of aryl methyl sites for hydroxylation is 1. The summed E-state index contributed by atoms with van der Waals surface area (Å²) < 4.78 is 0. The monoisotopic (exact) mass is 376 g/mol. The predicted molar refractivity (Wildman–Crippen MR) is 113 cm³/mol. The lowest BCUT2D eigenvalue weighted by Crippen LogP contribution is -2.03. The van der Waals surface area contributed by atoms with Gasteiger partial charge in [0.25, 0.3) is 0 Å². The molecule has 1 aliphatic rings. The molecular formula is C24H40O3. The van der Waals surface area contributed by atoms with Crippen molar-refractivity contribution in [2.45, 2.75) is 105 Å². The molecule has 3 N–H and O–H groups in total. The van der Waals surface area contributed by atoms with Gasteiger partial charge < -0.3 is 15.3 Å². The SMILES string of the molecule is CC(C)(C)CCCCCCc1cc(O)c(CCCCC2(C)CC2)c(O)c1O. The van der Waals surface area contributed by atoms with Crippen LogP contribution in [0.4, 0.5) is 0 Å². The number of unbranched alkanes of at least 4 members (excludes halogenated alkanes) is 4. The maximum Gasteiger partial charge on any atom is 0.164 e. The van der Waals surface area contributed by atoms with Crippen LogP contribution in [0.3, 0.4) is 0 Å². The van der Waals surface area contributed by atoms with Crippen molar-refractivity contribution in [1.29, 1.82) is 0 Å². The smallest absolute Gasteiger partial charge is 0.164 e. The van der Waals surface area contributed by atoms with Gasteiger partial charge in [-0.05, 0) is 68.3 Å². The molecule has 0 aromatic heterocycles. The molecule has 0 bridgehead atoms. The minimum atomic E-state index is -0.115. The summed E-state index contributed by atoms with van der Waals surface area (Å²) in [6.07, 6.45) is 12.9. The van der Waals surface area contributed by atoms with Crippen LogP contribution in [0.1, 0.15) is 103 Å². The Labute approximate surface area is 165 Å². The number of hydrogen-bond donors (Lipinski definition) is 3. The summed E-state index contributed by atoms with van der Waals surface area (Å²) in [5.41, 5.74) is 2.10. The molecular weight excluding hydrogens is 336 g/mol. The topological polar surface area (TPSA) is 60.7 Å². The molecule has 1 aromatic rings. The summed E-state index contributed by atoms with van der Waals surface area (Å²) in [5.74, 6) is -0.0207. The molecule has 0 saturated heterocycles. The number of benzene rings is 1. The molecule has 0 aliphatic heterocycles. The van der Waals surface area contributed by atoms with Crippen LogP contribution in [0, 0.1) is 10.8 Å². The Bertz CT molecular complexity index is 609. The lowest BCUT2D eigenvalue weighted by atomic mass is 9.89. The molecule has 0 amide bonds. The van der Waals surface area contributed by atoms with Gasteiger partial charge in [-0.1, -0.05) is 53.4 Å². The third-order valence-corrected chi connectivity index (χ3v) is 6.12. The van der Waals surface area contributed by atoms with E-state index >= 15 is 0 Å². The van der Waals surface area contributed by atoms with E-state index in [1.165, 1.54) is 38.5 Å². The summed E-state index contributed by atoms with van der Waals surface area (Å²) in [6, 6.07) is 1.65. The molecule has 0 heterocycles. The van der Waals surface area contributed by atoms with Crippen molar-refractivity contribution in [1.82, 2.24) is 0 Å². The average Bonchev–Trinajstić information content (AvgIpc) is 3.31. The van der Waals surface area contributed by atoms with Gasteiger partial charge in [0.2, 0.25) is 0 Å². The van der Waals surface area contributed by atoms with E-state index in [1.807, 2.05) is 0 Å². The highest BCUT2D eigenvalue weighted by atomic mass is 16.3. The molecule has 3 heteroatoms. The van der Waals surface area contributed by atoms with Crippen LogP contribution in [0.2, 0.25) is 0 Å². The third-order valence-electron chi connectivity index (χ3n) is 6.12. The summed E-state index contributed by atoms with van der Waals surface area (Å²) in [4.78, 5) is 0. The first-order chi connectivity index (χ1) is 12.6. The Morgan fingerprint density at radius 3 is 2.11 bits per heavy atom. The maximum absolute atomic E-state index is 10.4. The van der Waals surface area contributed by atoms with E-state index < -0.39 is 0 Å². The van der Waals surface area contributed by atoms with Gasteiger partial charge in [-0.2, -0.15) is 0 Å². The molecule has 154 valence electrons. The Hall–Kier alpha value is -1.38. The van der Waals surface area contributed by atoms with Crippen LogP contribution in [-0.4, -0.2) is 15.3 Å². The van der Waals surface area contributed by atoms with Crippen LogP contribution < -0.4 is 0 Å². The van der Waals surface area contributed by atoms with Crippen molar-refractivity contribution < 1.29 is 15.3 Å². The molecule has 0 spiro atoms. The second-order valence-corrected chi connectivity index (χ2v) is 10.2. The number of hydrogen-bond acceptors (Lipinski definition) is 3. The van der Waals surface area contributed by atoms with Gasteiger partial charge >= 0.3 is 0 Å². The molecule has 1 fully saturated rings. The van der Waals surface area contributed by atoms with E-state index in [-0.39, 0.29) is 17.2 Å². The van der Waals surface area contributed by atoms with Crippen molar-refractivity contribution in [3.8, 4) is 17.2 Å². The first-order valence-electron chi connectivity index (χ1n) is 10.9. The zero-order valence-corrected chi connectivity index (χ0v) is 17.9. The molecule has 27 heavy (non-hydrogen) atoms. The highest BCUT2D eigenvalue weighted by Crippen LogP contribution is 2.49. The number of rotatable bonds is 11. The minimum Gasteiger partial charge on any atom is -0.508 e. The number of phenols is 3. The summed E-state index contributed by atoms with van der Waals surface area (Å²) >= 11 is 0. The fraction of sp³-hybridized carbons (Fsp3) is 0.750. The number of aromatic hydroxyl groups is 3. The molecule has 0 unspecified atom stereocenters. The molecule has 1 saturated carbocycles. The summed E-state index contributed by atoms with van der Waals surface area (Å²) in [7, 11) is 0. The summed E-state index contributed by atoms with van der Waals surface area (Å²) in [6.45, 7) is 9.13. The Kier molecular flexibility index (Phi) is 7.47. The molecule has 1 aromatic carbocycles. The van der Waals surface area contributed by atoms with E-state index in [0.717, 1.165) is 25.7 Å². The van der Waals surface area contributed by atoms with Crippen LogP contribution in [0.25, 0.3) is 0 Å². The van der Waals surface area contributed by atoms with E-state index in [0.29, 0.717) is 34.8 Å². The van der Waals surface area contributed by atoms with E-state index in [4.69, 9.17) is 0 Å². The first kappa shape index (κ1) is 21.9. The van der Waals surface area contributed by atoms with Gasteiger partial charge in [0, 0.05) is 11.1 Å². The predicted octanol–water partition coefficient (Wildman–Crippen LogP) is 6.86. The standard InChI is InChI=1S/C24H40O3/c1-23(2,3)13-9-6-5-7-11-18-17-20(25)19(22(27)21(18)26)12-8-10-14-24(4)15-16-24/h17,25-27H,5-16H2,1-4H3. The van der Waals surface area contributed by atoms with E-state index in [9.17, 15) is 15.3 Å². The van der Waals surface area contributed by atoms with Crippen LogP contribution >= 0.6 is 0 Å². The van der Waals surface area contributed by atoms with Crippen molar-refractivity contribution in [2.24, 2.45) is 10.8 Å². The third kappa shape index (κ3) is 7.27. The lowest BCUT2D eigenvalue weighted by molar-refractivity contribution is 0.356. The first-order valence-corrected chi connectivity index (χ1v) is 10.9. The molecule has 0 radical (unpaired) electrons. The Morgan fingerprint density at radius 1 is 0.852 bits per heavy atom. The van der Waals surface area contributed by atoms with Crippen molar-refractivity contribution in [3.63, 3.8) is 0 Å². The molecule has 0 atom stereocenters. The van der Waals surface area contributed by atoms with Gasteiger partial charge in [-0.3, -0.25) is 0 Å². The van der Waals surface area contributed by atoms with E-state index in [2.05, 4.69) is 27.7 Å². The molecule has 1 aliphatic carbocycles. The highest BCUT2D eigenvalue weighted by Gasteiger charge is 2.36. The van der Waals surface area contributed by atoms with Gasteiger partial charge in [-0.15, -0.1) is 0 Å². The maximum atomic E-state index is 10.4. The summed E-state index contributed by atoms with van der Waals surface area (Å²) in [5, 5.41) is 31.0. The van der Waals surface area contributed by atoms with Gasteiger partial charge in [0.05, 0.1) is 0 Å². The number of phenolic OH excluding ortho intramolecular Hbond substituents is 3. The fourth-order valence-electron chi connectivity index (χ4n) is 3.82. The quantitative estimate of drug-likeness (QED) is 0.225. The van der Waals surface area contributed by atoms with E-state index in [1.54, 1.807) is 6.07 Å². The zero-order chi connectivity index (χ0) is 20.1. The lowest BCUT2D eigenvalue weighted by Gasteiger charge is -2.17. The van der Waals surface area contributed by atoms with Crippen LogP contribution in [0.15, 0.2) is 6.07 Å². The van der Waals surface area contributed by atoms with Crippen LogP contribution in [-0.2, 0) is 12.8 Å². The zero-order valence-electron chi connectivity index (χ0n) is 17.9. The molecule has 3 nitrogen and oxygen atoms in total. The van der Waals surface area contributed by atoms with Crippen LogP contribution in [0.5, 0.6) is 17.2 Å². The van der Waals surface area contributed by atoms with Crippen molar-refractivity contribution in [2.75, 3.05) is 0 Å². The molecule has 2 rings (SSSR count). The second kappa shape index (κ2) is 9.21. The largest absolute Gasteiger partial charge is 0.508 e. The fourth-order valence-corrected chi connectivity index (χ4v) is 3.82. The average molecular weight is 377 g/mol. The Balaban J connectivity index is 1.78. The normalized spacial score (nSPS) is 15.9. The van der Waals surface area contributed by atoms with Crippen molar-refractivity contribution >= 4 is 0 Å². The second-order valence-electron chi connectivity index (χ2n) is 10.2. The van der Waals surface area contributed by atoms with Gasteiger partial charge in [0.15, 0.2) is 11.5 Å².